The van der Waals surface area contributed by atoms with Gasteiger partial charge in [-0.2, -0.15) is 31.6 Å². The number of benzene rings is 9. The first-order chi connectivity index (χ1) is 34.4. The number of nitrogens with zero attached hydrogens (tertiary/aromatic N) is 3. The highest BCUT2D eigenvalue weighted by molar-refractivity contribution is 6.14. The van der Waals surface area contributed by atoms with Gasteiger partial charge in [0, 0.05) is 32.7 Å². The lowest BCUT2D eigenvalue weighted by Gasteiger charge is -2.23. The van der Waals surface area contributed by atoms with Crippen molar-refractivity contribution >= 4 is 43.6 Å². The molecule has 0 saturated heterocycles. The van der Waals surface area contributed by atoms with E-state index in [2.05, 4.69) is 101 Å². The van der Waals surface area contributed by atoms with Crippen LogP contribution in [0, 0.1) is 52.9 Å². The van der Waals surface area contributed by atoms with Crippen LogP contribution in [0.2, 0.25) is 0 Å². The SMILES string of the molecule is Cc1cc(C)c(-c2ccc3c(c2)c2ccccc2n3-c2cccc(C#N)c2-c2c(-c3cc(C(F)(F)F)cc(C(F)(F)F)c3)cccc2-n2c3ccccc3c3cc(-c4c(C)cc(C)cc4C)ccc32)c(C)c1. The molecule has 0 amide bonds. The first-order valence-corrected chi connectivity index (χ1v) is 23.6. The van der Waals surface area contributed by atoms with Crippen LogP contribution < -0.4 is 0 Å². The van der Waals surface area contributed by atoms with Gasteiger partial charge in [0.2, 0.25) is 0 Å². The maximum atomic E-state index is 14.8. The van der Waals surface area contributed by atoms with Crippen LogP contribution in [-0.2, 0) is 12.4 Å². The summed E-state index contributed by atoms with van der Waals surface area (Å²) in [4.78, 5) is 0. The van der Waals surface area contributed by atoms with Gasteiger partial charge in [-0.25, -0.2) is 0 Å². The molecule has 2 heterocycles. The number of halogens is 6. The summed E-state index contributed by atoms with van der Waals surface area (Å²) >= 11 is 0. The average molecular weight is 958 g/mol. The van der Waals surface area contributed by atoms with Crippen molar-refractivity contribution in [3.05, 3.63) is 214 Å². The molecule has 2 aromatic heterocycles. The lowest BCUT2D eigenvalue weighted by atomic mass is 9.87. The molecule has 0 aliphatic rings. The second kappa shape index (κ2) is 16.9. The Morgan fingerprint density at radius 1 is 0.375 bits per heavy atom. The van der Waals surface area contributed by atoms with E-state index in [1.807, 2.05) is 77.4 Å². The average Bonchev–Trinajstić information content (AvgIpc) is 3.84. The number of aromatic nitrogens is 2. The first kappa shape index (κ1) is 46.1. The van der Waals surface area contributed by atoms with Crippen molar-refractivity contribution in [2.24, 2.45) is 0 Å². The molecule has 0 N–H and O–H groups in total. The summed E-state index contributed by atoms with van der Waals surface area (Å²) in [6.07, 6.45) is -10.2. The second-order valence-electron chi connectivity index (χ2n) is 19.0. The number of para-hydroxylation sites is 2. The molecular weight excluding hydrogens is 913 g/mol. The standard InChI is InChI=1S/C63H45F6N3/c1-35-25-37(3)58(38(4)26-35)41-21-23-54-50(31-41)48-14-7-9-17-52(48)71(54)56-19-11-13-43(34-70)60(56)61-47(44-29-45(62(64,65)66)33-46(30-44)63(67,68)69)16-12-20-57(61)72-53-18-10-8-15-49(53)51-32-42(22-24-55(51)72)59-39(5)27-36(2)28-40(59)6/h7-33H,1-6H3. The van der Waals surface area contributed by atoms with E-state index < -0.39 is 23.5 Å². The summed E-state index contributed by atoms with van der Waals surface area (Å²) in [5, 5.41) is 14.9. The largest absolute Gasteiger partial charge is 0.416 e. The van der Waals surface area contributed by atoms with Crippen molar-refractivity contribution in [1.82, 2.24) is 9.13 Å². The van der Waals surface area contributed by atoms with Gasteiger partial charge in [0.1, 0.15) is 0 Å². The zero-order valence-corrected chi connectivity index (χ0v) is 40.2. The van der Waals surface area contributed by atoms with Gasteiger partial charge in [-0.05, 0) is 170 Å². The number of hydrogen-bond acceptors (Lipinski definition) is 1. The van der Waals surface area contributed by atoms with Gasteiger partial charge in [-0.3, -0.25) is 0 Å². The zero-order valence-electron chi connectivity index (χ0n) is 40.2. The fraction of sp³-hybridized carbons (Fsp3) is 0.127. The van der Waals surface area contributed by atoms with Crippen molar-refractivity contribution in [2.75, 3.05) is 0 Å². The molecule has 9 heteroatoms. The highest BCUT2D eigenvalue weighted by atomic mass is 19.4. The quantitative estimate of drug-likeness (QED) is 0.153. The highest BCUT2D eigenvalue weighted by Gasteiger charge is 2.38. The van der Waals surface area contributed by atoms with Gasteiger partial charge < -0.3 is 9.13 Å². The number of rotatable bonds is 6. The van der Waals surface area contributed by atoms with E-state index in [1.54, 1.807) is 24.3 Å². The first-order valence-electron chi connectivity index (χ1n) is 23.6. The van der Waals surface area contributed by atoms with Gasteiger partial charge in [-0.15, -0.1) is 0 Å². The van der Waals surface area contributed by atoms with Gasteiger partial charge in [0.15, 0.2) is 0 Å². The van der Waals surface area contributed by atoms with E-state index >= 15 is 0 Å². The van der Waals surface area contributed by atoms with Gasteiger partial charge in [0.05, 0.1) is 56.2 Å². The van der Waals surface area contributed by atoms with Crippen molar-refractivity contribution in [1.29, 1.82) is 5.26 Å². The summed E-state index contributed by atoms with van der Waals surface area (Å²) in [7, 11) is 0. The third-order valence-electron chi connectivity index (χ3n) is 14.1. The monoisotopic (exact) mass is 957 g/mol. The molecule has 11 rings (SSSR count). The van der Waals surface area contributed by atoms with Crippen LogP contribution in [0.25, 0.3) is 99.5 Å². The molecule has 0 spiro atoms. The molecule has 11 aromatic rings. The number of nitriles is 1. The van der Waals surface area contributed by atoms with Crippen LogP contribution in [0.1, 0.15) is 50.1 Å². The van der Waals surface area contributed by atoms with Crippen molar-refractivity contribution in [2.45, 2.75) is 53.9 Å². The Balaban J connectivity index is 1.27. The molecule has 354 valence electrons. The van der Waals surface area contributed by atoms with Crippen molar-refractivity contribution in [3.8, 4) is 62.0 Å². The van der Waals surface area contributed by atoms with E-state index in [-0.39, 0.29) is 28.3 Å². The minimum atomic E-state index is -5.11. The van der Waals surface area contributed by atoms with E-state index in [0.717, 1.165) is 111 Å². The van der Waals surface area contributed by atoms with E-state index in [9.17, 15) is 31.6 Å². The number of alkyl halides is 6. The second-order valence-corrected chi connectivity index (χ2v) is 19.0. The lowest BCUT2D eigenvalue weighted by Crippen LogP contribution is -2.11. The molecule has 0 bridgehead atoms. The van der Waals surface area contributed by atoms with Crippen molar-refractivity contribution < 1.29 is 26.3 Å². The van der Waals surface area contributed by atoms with Crippen LogP contribution in [0.5, 0.6) is 0 Å². The van der Waals surface area contributed by atoms with Gasteiger partial charge in [-0.1, -0.05) is 102 Å². The highest BCUT2D eigenvalue weighted by Crippen LogP contribution is 2.49. The minimum Gasteiger partial charge on any atom is -0.309 e. The van der Waals surface area contributed by atoms with Crippen molar-refractivity contribution in [3.63, 3.8) is 0 Å². The Hall–Kier alpha value is -8.35. The fourth-order valence-corrected chi connectivity index (χ4v) is 11.5. The molecule has 0 saturated carbocycles. The predicted molar refractivity (Wildman–Crippen MR) is 280 cm³/mol. The third kappa shape index (κ3) is 7.52. The molecule has 0 radical (unpaired) electrons. The Kier molecular flexibility index (Phi) is 10.8. The number of aryl methyl sites for hydroxylation is 6. The Labute approximate surface area is 412 Å². The van der Waals surface area contributed by atoms with Gasteiger partial charge >= 0.3 is 12.4 Å². The number of fused-ring (bicyclic) bond motifs is 6. The molecule has 72 heavy (non-hydrogen) atoms. The summed E-state index contributed by atoms with van der Waals surface area (Å²) in [6.45, 7) is 12.5. The molecule has 9 aromatic carbocycles. The predicted octanol–water partition coefficient (Wildman–Crippen LogP) is 18.3. The molecule has 0 unspecified atom stereocenters. The maximum absolute atomic E-state index is 14.8. The fourth-order valence-electron chi connectivity index (χ4n) is 11.5. The zero-order chi connectivity index (χ0) is 50.5. The third-order valence-corrected chi connectivity index (χ3v) is 14.1. The molecule has 0 fully saturated rings. The summed E-state index contributed by atoms with van der Waals surface area (Å²) in [6, 6.07) is 51.2. The molecule has 0 aliphatic heterocycles. The van der Waals surface area contributed by atoms with Crippen LogP contribution >= 0.6 is 0 Å². The molecular formula is C63H45F6N3. The van der Waals surface area contributed by atoms with Gasteiger partial charge in [0.25, 0.3) is 0 Å². The van der Waals surface area contributed by atoms with Crippen LogP contribution in [0.3, 0.4) is 0 Å². The molecule has 0 aliphatic carbocycles. The summed E-state index contributed by atoms with van der Waals surface area (Å²) in [5.41, 5.74) is 12.8. The number of hydrogen-bond donors (Lipinski definition) is 0. The Morgan fingerprint density at radius 3 is 1.24 bits per heavy atom. The molecule has 3 nitrogen and oxygen atoms in total. The topological polar surface area (TPSA) is 33.6 Å². The lowest BCUT2D eigenvalue weighted by molar-refractivity contribution is -0.143. The minimum absolute atomic E-state index is 0.0786. The van der Waals surface area contributed by atoms with E-state index in [4.69, 9.17) is 0 Å². The maximum Gasteiger partial charge on any atom is 0.416 e. The smallest absolute Gasteiger partial charge is 0.309 e. The van der Waals surface area contributed by atoms with E-state index in [0.29, 0.717) is 16.9 Å². The summed E-state index contributed by atoms with van der Waals surface area (Å²) in [5.74, 6) is 0. The van der Waals surface area contributed by atoms with Crippen LogP contribution in [0.15, 0.2) is 164 Å². The normalized spacial score (nSPS) is 12.2. The Bertz CT molecular complexity index is 4020. The summed E-state index contributed by atoms with van der Waals surface area (Å²) < 4.78 is 92.9. The van der Waals surface area contributed by atoms with Crippen LogP contribution in [-0.4, -0.2) is 9.13 Å². The Morgan fingerprint density at radius 2 is 0.792 bits per heavy atom. The van der Waals surface area contributed by atoms with E-state index in [1.165, 1.54) is 0 Å². The van der Waals surface area contributed by atoms with Crippen LogP contribution in [0.4, 0.5) is 26.3 Å². The molecule has 0 atom stereocenters.